The van der Waals surface area contributed by atoms with Crippen molar-refractivity contribution in [2.75, 3.05) is 0 Å². The van der Waals surface area contributed by atoms with Crippen LogP contribution in [0.4, 0.5) is 0 Å². The van der Waals surface area contributed by atoms with Gasteiger partial charge in [0.05, 0.1) is 0 Å². The third-order valence-corrected chi connectivity index (χ3v) is 9.34. The lowest BCUT2D eigenvalue weighted by Crippen LogP contribution is -1.86. The first-order valence-corrected chi connectivity index (χ1v) is 15.9. The Kier molecular flexibility index (Phi) is 6.25. The molecule has 0 radical (unpaired) electrons. The van der Waals surface area contributed by atoms with Crippen LogP contribution in [0.15, 0.2) is 170 Å². The Balaban J connectivity index is 1.01. The molecule has 0 atom stereocenters. The van der Waals surface area contributed by atoms with E-state index in [1.54, 1.807) is 0 Å². The topological polar surface area (TPSA) is 0 Å². The molecule has 0 unspecified atom stereocenters. The SMILES string of the molecule is C(=C\c1ccc2cc(-c3c4ccccc4cc4ccccc34)ccc2c1)/c1ccc2cc(-c3ccc4ccccc4c3)ccc2c1. The Bertz CT molecular complexity index is 2580. The van der Waals surface area contributed by atoms with Gasteiger partial charge in [0.25, 0.3) is 0 Å². The van der Waals surface area contributed by atoms with Gasteiger partial charge in [-0.1, -0.05) is 146 Å². The van der Waals surface area contributed by atoms with Gasteiger partial charge in [-0.3, -0.25) is 0 Å². The molecule has 0 nitrogen and oxygen atoms in total. The molecule has 0 saturated carbocycles. The summed E-state index contributed by atoms with van der Waals surface area (Å²) in [6, 6.07) is 62.1. The van der Waals surface area contributed by atoms with Gasteiger partial charge >= 0.3 is 0 Å². The predicted octanol–water partition coefficient (Wildman–Crippen LogP) is 13.0. The van der Waals surface area contributed by atoms with E-state index in [1.807, 2.05) is 0 Å². The van der Waals surface area contributed by atoms with Gasteiger partial charge in [-0.2, -0.15) is 0 Å². The molecule has 46 heavy (non-hydrogen) atoms. The van der Waals surface area contributed by atoms with Gasteiger partial charge in [0, 0.05) is 0 Å². The van der Waals surface area contributed by atoms with Crippen LogP contribution in [0.2, 0.25) is 0 Å². The summed E-state index contributed by atoms with van der Waals surface area (Å²) in [5, 5.41) is 12.7. The quantitative estimate of drug-likeness (QED) is 0.143. The van der Waals surface area contributed by atoms with E-state index < -0.39 is 0 Å². The second-order valence-electron chi connectivity index (χ2n) is 12.2. The van der Waals surface area contributed by atoms with Crippen molar-refractivity contribution in [1.29, 1.82) is 0 Å². The molecule has 0 aliphatic carbocycles. The maximum Gasteiger partial charge on any atom is -0.00266 e. The highest BCUT2D eigenvalue weighted by molar-refractivity contribution is 6.13. The van der Waals surface area contributed by atoms with Crippen molar-refractivity contribution >= 4 is 66.0 Å². The third kappa shape index (κ3) is 4.72. The first-order chi connectivity index (χ1) is 22.7. The smallest absolute Gasteiger partial charge is 0.00266 e. The fourth-order valence-corrected chi connectivity index (χ4v) is 6.96. The summed E-state index contributed by atoms with van der Waals surface area (Å²) in [4.78, 5) is 0. The second kappa shape index (κ2) is 10.9. The Hall–Kier alpha value is -5.98. The van der Waals surface area contributed by atoms with Crippen LogP contribution >= 0.6 is 0 Å². The fraction of sp³-hybridized carbons (Fsp3) is 0. The molecule has 0 amide bonds. The van der Waals surface area contributed by atoms with Gasteiger partial charge in [0.2, 0.25) is 0 Å². The summed E-state index contributed by atoms with van der Waals surface area (Å²) in [7, 11) is 0. The molecule has 0 bridgehead atoms. The fourth-order valence-electron chi connectivity index (χ4n) is 6.96. The summed E-state index contributed by atoms with van der Waals surface area (Å²) in [5.41, 5.74) is 7.45. The van der Waals surface area contributed by atoms with E-state index in [9.17, 15) is 0 Å². The number of benzene rings is 9. The number of hydrogen-bond donors (Lipinski definition) is 0. The molecule has 0 aromatic heterocycles. The molecule has 0 saturated heterocycles. The Morgan fingerprint density at radius 1 is 0.261 bits per heavy atom. The van der Waals surface area contributed by atoms with Crippen LogP contribution < -0.4 is 0 Å². The van der Waals surface area contributed by atoms with Crippen LogP contribution in [-0.2, 0) is 0 Å². The van der Waals surface area contributed by atoms with Crippen LogP contribution in [0.25, 0.3) is 88.3 Å². The van der Waals surface area contributed by atoms with Crippen molar-refractivity contribution in [2.45, 2.75) is 0 Å². The van der Waals surface area contributed by atoms with Crippen LogP contribution in [0, 0.1) is 0 Å². The minimum Gasteiger partial charge on any atom is -0.0616 e. The van der Waals surface area contributed by atoms with Crippen molar-refractivity contribution in [3.05, 3.63) is 181 Å². The van der Waals surface area contributed by atoms with Crippen LogP contribution in [0.1, 0.15) is 11.1 Å². The molecule has 0 aliphatic heterocycles. The number of rotatable bonds is 4. The van der Waals surface area contributed by atoms with E-state index in [-0.39, 0.29) is 0 Å². The minimum atomic E-state index is 1.20. The van der Waals surface area contributed by atoms with Gasteiger partial charge in [-0.05, 0) is 124 Å². The van der Waals surface area contributed by atoms with E-state index in [0.29, 0.717) is 0 Å². The van der Waals surface area contributed by atoms with Crippen molar-refractivity contribution in [2.24, 2.45) is 0 Å². The van der Waals surface area contributed by atoms with Crippen LogP contribution in [-0.4, -0.2) is 0 Å². The average molecular weight is 583 g/mol. The predicted molar refractivity (Wildman–Crippen MR) is 200 cm³/mol. The highest BCUT2D eigenvalue weighted by atomic mass is 14.1. The van der Waals surface area contributed by atoms with E-state index in [4.69, 9.17) is 0 Å². The molecule has 0 heteroatoms. The summed E-state index contributed by atoms with van der Waals surface area (Å²) < 4.78 is 0. The van der Waals surface area contributed by atoms with Gasteiger partial charge < -0.3 is 0 Å². The van der Waals surface area contributed by atoms with E-state index in [1.165, 1.54) is 87.2 Å². The van der Waals surface area contributed by atoms with Gasteiger partial charge in [-0.15, -0.1) is 0 Å². The molecule has 0 heterocycles. The molecule has 9 aromatic rings. The number of hydrogen-bond acceptors (Lipinski definition) is 0. The standard InChI is InChI=1S/C46H30/c1-2-8-34-27-39(20-19-33(34)7-1)40-22-21-35-25-31(15-17-37(35)28-40)13-14-32-16-18-38-29-43(24-23-36(38)26-32)46-44-11-5-3-9-41(44)30-42-10-4-6-12-45(42)46/h1-30H/b14-13+. The average Bonchev–Trinajstić information content (AvgIpc) is 3.12. The Morgan fingerprint density at radius 3 is 1.24 bits per heavy atom. The Morgan fingerprint density at radius 2 is 0.652 bits per heavy atom. The molecular formula is C46H30. The minimum absolute atomic E-state index is 1.20. The van der Waals surface area contributed by atoms with Crippen LogP contribution in [0.5, 0.6) is 0 Å². The molecule has 214 valence electrons. The monoisotopic (exact) mass is 582 g/mol. The van der Waals surface area contributed by atoms with Crippen molar-refractivity contribution < 1.29 is 0 Å². The Labute approximate surface area is 268 Å². The zero-order valence-electron chi connectivity index (χ0n) is 25.3. The van der Waals surface area contributed by atoms with Crippen LogP contribution in [0.3, 0.4) is 0 Å². The zero-order valence-corrected chi connectivity index (χ0v) is 25.3. The van der Waals surface area contributed by atoms with E-state index in [2.05, 4.69) is 182 Å². The van der Waals surface area contributed by atoms with E-state index >= 15 is 0 Å². The number of fused-ring (bicyclic) bond motifs is 5. The lowest BCUT2D eigenvalue weighted by atomic mass is 9.91. The summed E-state index contributed by atoms with van der Waals surface area (Å²) in [6.45, 7) is 0. The molecule has 0 spiro atoms. The lowest BCUT2D eigenvalue weighted by molar-refractivity contribution is 1.66. The molecule has 0 aliphatic rings. The summed E-state index contributed by atoms with van der Waals surface area (Å²) in [5.74, 6) is 0. The first kappa shape index (κ1) is 26.4. The van der Waals surface area contributed by atoms with Gasteiger partial charge in [0.1, 0.15) is 0 Å². The zero-order chi connectivity index (χ0) is 30.5. The maximum absolute atomic E-state index is 2.34. The molecule has 9 aromatic carbocycles. The van der Waals surface area contributed by atoms with E-state index in [0.717, 1.165) is 0 Å². The maximum atomic E-state index is 2.34. The molecule has 9 rings (SSSR count). The van der Waals surface area contributed by atoms with Crippen molar-refractivity contribution in [3.8, 4) is 22.3 Å². The molecular weight excluding hydrogens is 553 g/mol. The third-order valence-electron chi connectivity index (χ3n) is 9.34. The lowest BCUT2D eigenvalue weighted by Gasteiger charge is -2.13. The second-order valence-corrected chi connectivity index (χ2v) is 12.2. The summed E-state index contributed by atoms with van der Waals surface area (Å²) in [6.07, 6.45) is 4.44. The highest BCUT2D eigenvalue weighted by Gasteiger charge is 2.10. The van der Waals surface area contributed by atoms with Gasteiger partial charge in [0.15, 0.2) is 0 Å². The van der Waals surface area contributed by atoms with Crippen molar-refractivity contribution in [3.63, 3.8) is 0 Å². The largest absolute Gasteiger partial charge is 0.0616 e. The first-order valence-electron chi connectivity index (χ1n) is 15.9. The van der Waals surface area contributed by atoms with Crippen molar-refractivity contribution in [1.82, 2.24) is 0 Å². The normalized spacial score (nSPS) is 11.8. The highest BCUT2D eigenvalue weighted by Crippen LogP contribution is 2.38. The molecule has 0 N–H and O–H groups in total. The summed E-state index contributed by atoms with van der Waals surface area (Å²) >= 11 is 0. The molecule has 0 fully saturated rings. The van der Waals surface area contributed by atoms with Gasteiger partial charge in [-0.25, -0.2) is 0 Å².